The van der Waals surface area contributed by atoms with Gasteiger partial charge in [-0.25, -0.2) is 4.79 Å². The van der Waals surface area contributed by atoms with Gasteiger partial charge in [-0.1, -0.05) is 30.3 Å². The highest BCUT2D eigenvalue weighted by atomic mass is 16.7. The summed E-state index contributed by atoms with van der Waals surface area (Å²) in [7, 11) is 1.68. The zero-order chi connectivity index (χ0) is 17.3. The summed E-state index contributed by atoms with van der Waals surface area (Å²) in [6, 6.07) is 10.0. The fraction of sp³-hybridized carbons (Fsp3) is 0.632. The van der Waals surface area contributed by atoms with E-state index in [1.807, 2.05) is 39.0 Å². The van der Waals surface area contributed by atoms with Crippen molar-refractivity contribution in [3.8, 4) is 0 Å². The molecule has 0 radical (unpaired) electrons. The molecule has 5 atom stereocenters. The van der Waals surface area contributed by atoms with Gasteiger partial charge in [0.1, 0.15) is 5.60 Å². The number of rotatable bonds is 5. The largest absolute Gasteiger partial charge is 0.444 e. The fourth-order valence-electron chi connectivity index (χ4n) is 3.48. The average molecular weight is 333 g/mol. The lowest BCUT2D eigenvalue weighted by atomic mass is 9.98. The maximum Gasteiger partial charge on any atom is 0.407 e. The first-order valence-corrected chi connectivity index (χ1v) is 8.59. The van der Waals surface area contributed by atoms with Gasteiger partial charge < -0.3 is 19.5 Å². The Kier molecular flexibility index (Phi) is 4.83. The van der Waals surface area contributed by atoms with E-state index in [1.54, 1.807) is 7.11 Å². The molecule has 2 aliphatic rings. The van der Waals surface area contributed by atoms with Crippen molar-refractivity contribution in [2.75, 3.05) is 7.11 Å². The lowest BCUT2D eigenvalue weighted by molar-refractivity contribution is -0.142. The molecule has 1 heterocycles. The highest BCUT2D eigenvalue weighted by Gasteiger charge is 2.58. The Morgan fingerprint density at radius 2 is 2.00 bits per heavy atom. The number of fused-ring (bicyclic) bond motifs is 1. The van der Waals surface area contributed by atoms with E-state index in [4.69, 9.17) is 14.2 Å². The second kappa shape index (κ2) is 6.73. The second-order valence-electron chi connectivity index (χ2n) is 7.71. The van der Waals surface area contributed by atoms with Crippen molar-refractivity contribution in [3.05, 3.63) is 35.9 Å². The van der Waals surface area contributed by atoms with Crippen molar-refractivity contribution in [2.45, 2.75) is 57.6 Å². The molecule has 1 N–H and O–H groups in total. The third-order valence-electron chi connectivity index (χ3n) is 4.58. The minimum absolute atomic E-state index is 0.0346. The Balaban J connectivity index is 1.70. The molecule has 1 aromatic rings. The van der Waals surface area contributed by atoms with E-state index in [1.165, 1.54) is 5.56 Å². The molecule has 3 rings (SSSR count). The molecule has 1 aromatic carbocycles. The third kappa shape index (κ3) is 4.08. The van der Waals surface area contributed by atoms with Crippen LogP contribution in [0, 0.1) is 11.8 Å². The third-order valence-corrected chi connectivity index (χ3v) is 4.58. The fourth-order valence-corrected chi connectivity index (χ4v) is 3.48. The minimum Gasteiger partial charge on any atom is -0.444 e. The topological polar surface area (TPSA) is 56.8 Å². The van der Waals surface area contributed by atoms with Crippen LogP contribution in [0.5, 0.6) is 0 Å². The van der Waals surface area contributed by atoms with Crippen molar-refractivity contribution >= 4 is 6.09 Å². The van der Waals surface area contributed by atoms with Crippen LogP contribution in [0.3, 0.4) is 0 Å². The van der Waals surface area contributed by atoms with Gasteiger partial charge in [0.2, 0.25) is 0 Å². The maximum absolute atomic E-state index is 12.3. The van der Waals surface area contributed by atoms with E-state index in [9.17, 15) is 4.79 Å². The van der Waals surface area contributed by atoms with Crippen LogP contribution < -0.4 is 5.32 Å². The van der Waals surface area contributed by atoms with E-state index in [0.717, 1.165) is 6.42 Å². The summed E-state index contributed by atoms with van der Waals surface area (Å²) in [6.45, 7) is 5.59. The van der Waals surface area contributed by atoms with E-state index < -0.39 is 11.7 Å². The summed E-state index contributed by atoms with van der Waals surface area (Å²) in [5, 5.41) is 3.02. The quantitative estimate of drug-likeness (QED) is 0.899. The van der Waals surface area contributed by atoms with E-state index in [2.05, 4.69) is 17.4 Å². The molecule has 2 fully saturated rings. The molecule has 1 amide bonds. The number of hydrogen-bond donors (Lipinski definition) is 1. The highest BCUT2D eigenvalue weighted by Crippen LogP contribution is 2.53. The molecule has 5 heteroatoms. The molecular weight excluding hydrogens is 306 g/mol. The monoisotopic (exact) mass is 333 g/mol. The number of amides is 1. The van der Waals surface area contributed by atoms with Gasteiger partial charge in [-0.05, 0) is 45.1 Å². The Labute approximate surface area is 143 Å². The van der Waals surface area contributed by atoms with Gasteiger partial charge in [-0.15, -0.1) is 0 Å². The van der Waals surface area contributed by atoms with E-state index in [-0.39, 0.29) is 18.4 Å². The second-order valence-corrected chi connectivity index (χ2v) is 7.71. The number of nitrogens with one attached hydrogen (secondary N) is 1. The van der Waals surface area contributed by atoms with Crippen LogP contribution in [0.15, 0.2) is 30.3 Å². The van der Waals surface area contributed by atoms with Crippen LogP contribution >= 0.6 is 0 Å². The number of carbonyl (C=O) groups excluding carboxylic acids is 1. The number of benzene rings is 1. The van der Waals surface area contributed by atoms with Gasteiger partial charge in [0.05, 0.1) is 12.1 Å². The SMILES string of the molecule is CO[C@H]1O[C@H]([C@H](Cc2ccccc2)NC(=O)OC(C)(C)C)[C@@H]2C[C@H]12. The minimum atomic E-state index is -0.519. The van der Waals surface area contributed by atoms with Gasteiger partial charge in [0, 0.05) is 13.0 Å². The van der Waals surface area contributed by atoms with Crippen LogP contribution in [-0.4, -0.2) is 37.2 Å². The molecule has 1 aliphatic carbocycles. The van der Waals surface area contributed by atoms with Crippen molar-refractivity contribution in [1.82, 2.24) is 5.32 Å². The molecular formula is C19H27NO4. The van der Waals surface area contributed by atoms with Crippen LogP contribution in [0.4, 0.5) is 4.79 Å². The van der Waals surface area contributed by atoms with Crippen molar-refractivity contribution in [3.63, 3.8) is 0 Å². The van der Waals surface area contributed by atoms with Crippen molar-refractivity contribution in [1.29, 1.82) is 0 Å². The molecule has 1 aliphatic heterocycles. The van der Waals surface area contributed by atoms with Gasteiger partial charge in [0.25, 0.3) is 0 Å². The molecule has 24 heavy (non-hydrogen) atoms. The van der Waals surface area contributed by atoms with Gasteiger partial charge in [-0.3, -0.25) is 0 Å². The summed E-state index contributed by atoms with van der Waals surface area (Å²) in [4.78, 5) is 12.3. The predicted octanol–water partition coefficient (Wildman–Crippen LogP) is 3.13. The Morgan fingerprint density at radius 1 is 1.29 bits per heavy atom. The van der Waals surface area contributed by atoms with Crippen LogP contribution in [0.1, 0.15) is 32.8 Å². The molecule has 0 spiro atoms. The Hall–Kier alpha value is -1.59. The first-order chi connectivity index (χ1) is 11.4. The molecule has 5 nitrogen and oxygen atoms in total. The smallest absolute Gasteiger partial charge is 0.407 e. The molecule has 0 aromatic heterocycles. The summed E-state index contributed by atoms with van der Waals surface area (Å²) < 4.78 is 16.9. The van der Waals surface area contributed by atoms with Gasteiger partial charge >= 0.3 is 6.09 Å². The molecule has 1 saturated heterocycles. The normalized spacial score (nSPS) is 29.7. The number of alkyl carbamates (subject to hydrolysis) is 1. The number of ether oxygens (including phenoxy) is 3. The Morgan fingerprint density at radius 3 is 2.58 bits per heavy atom. The summed E-state index contributed by atoms with van der Waals surface area (Å²) in [6.07, 6.45) is 1.23. The first kappa shape index (κ1) is 17.2. The number of carbonyl (C=O) groups is 1. The molecule has 0 unspecified atom stereocenters. The van der Waals surface area contributed by atoms with E-state index >= 15 is 0 Å². The Bertz CT molecular complexity index is 568. The van der Waals surface area contributed by atoms with Crippen LogP contribution in [0.2, 0.25) is 0 Å². The predicted molar refractivity (Wildman–Crippen MR) is 90.6 cm³/mol. The van der Waals surface area contributed by atoms with Crippen LogP contribution in [-0.2, 0) is 20.6 Å². The highest BCUT2D eigenvalue weighted by molar-refractivity contribution is 5.68. The number of methoxy groups -OCH3 is 1. The zero-order valence-electron chi connectivity index (χ0n) is 14.8. The van der Waals surface area contributed by atoms with Gasteiger partial charge in [-0.2, -0.15) is 0 Å². The van der Waals surface area contributed by atoms with E-state index in [0.29, 0.717) is 18.3 Å². The summed E-state index contributed by atoms with van der Waals surface area (Å²) in [5.41, 5.74) is 0.648. The average Bonchev–Trinajstić information content (AvgIpc) is 3.20. The lowest BCUT2D eigenvalue weighted by Gasteiger charge is -2.29. The zero-order valence-corrected chi connectivity index (χ0v) is 14.8. The molecule has 1 saturated carbocycles. The molecule has 132 valence electrons. The maximum atomic E-state index is 12.3. The standard InChI is InChI=1S/C19H27NO4/c1-19(2,3)24-18(21)20-15(10-12-8-6-5-7-9-12)16-13-11-14(13)17(22-4)23-16/h5-9,13-17H,10-11H2,1-4H3,(H,20,21)/t13-,14+,15+,16+,17+/m1/s1. The first-order valence-electron chi connectivity index (χ1n) is 8.59. The molecule has 0 bridgehead atoms. The van der Waals surface area contributed by atoms with Crippen molar-refractivity contribution in [2.24, 2.45) is 11.8 Å². The van der Waals surface area contributed by atoms with Gasteiger partial charge in [0.15, 0.2) is 6.29 Å². The number of hydrogen-bond acceptors (Lipinski definition) is 4. The summed E-state index contributed by atoms with van der Waals surface area (Å²) >= 11 is 0. The van der Waals surface area contributed by atoms with Crippen LogP contribution in [0.25, 0.3) is 0 Å². The lowest BCUT2D eigenvalue weighted by Crippen LogP contribution is -2.48. The summed E-state index contributed by atoms with van der Waals surface area (Å²) in [5.74, 6) is 0.914. The van der Waals surface area contributed by atoms with Crippen molar-refractivity contribution < 1.29 is 19.0 Å².